The number of ether oxygens (including phenoxy) is 3. The average molecular weight is 380 g/mol. The Morgan fingerprint density at radius 3 is 2.64 bits per heavy atom. The molecule has 0 unspecified atom stereocenters. The van der Waals surface area contributed by atoms with Crippen molar-refractivity contribution in [2.75, 3.05) is 6.79 Å². The summed E-state index contributed by atoms with van der Waals surface area (Å²) in [5.41, 5.74) is 3.55. The molecular formula is C21H20N2O5. The molecule has 2 N–H and O–H groups in total. The number of hydrogen-bond donors (Lipinski definition) is 2. The van der Waals surface area contributed by atoms with E-state index >= 15 is 0 Å². The molecule has 0 spiro atoms. The zero-order chi connectivity index (χ0) is 19.7. The Kier molecular flexibility index (Phi) is 4.65. The van der Waals surface area contributed by atoms with E-state index in [-0.39, 0.29) is 19.4 Å². The number of carbonyl (C=O) groups excluding carboxylic acids is 2. The lowest BCUT2D eigenvalue weighted by Crippen LogP contribution is -2.45. The molecule has 0 radical (unpaired) electrons. The standard InChI is InChI=1S/C21H20N2O5/c1-12-3-5-14(6-4-12)10-26-20(24)18-13(2)22-21(25)23-19(18)15-7-8-16-17(9-15)28-11-27-16/h3-9,19H,10-11H2,1-2H3,(H2,22,23,25)/t19-/m0/s1. The van der Waals surface area contributed by atoms with Crippen LogP contribution in [0.1, 0.15) is 29.7 Å². The third-order valence-corrected chi connectivity index (χ3v) is 4.71. The molecule has 0 bridgehead atoms. The van der Waals surface area contributed by atoms with Gasteiger partial charge in [0.15, 0.2) is 11.5 Å². The van der Waals surface area contributed by atoms with Crippen LogP contribution >= 0.6 is 0 Å². The van der Waals surface area contributed by atoms with Crippen LogP contribution in [-0.4, -0.2) is 18.8 Å². The summed E-state index contributed by atoms with van der Waals surface area (Å²) < 4.78 is 16.3. The summed E-state index contributed by atoms with van der Waals surface area (Å²) >= 11 is 0. The highest BCUT2D eigenvalue weighted by Gasteiger charge is 2.33. The first-order valence-corrected chi connectivity index (χ1v) is 8.92. The molecule has 4 rings (SSSR count). The maximum atomic E-state index is 12.8. The van der Waals surface area contributed by atoms with Crippen LogP contribution in [0.5, 0.6) is 11.5 Å². The molecular weight excluding hydrogens is 360 g/mol. The molecule has 0 aromatic heterocycles. The van der Waals surface area contributed by atoms with Crippen molar-refractivity contribution in [1.29, 1.82) is 0 Å². The number of fused-ring (bicyclic) bond motifs is 1. The smallest absolute Gasteiger partial charge is 0.338 e. The number of aryl methyl sites for hydroxylation is 1. The van der Waals surface area contributed by atoms with E-state index in [1.54, 1.807) is 25.1 Å². The summed E-state index contributed by atoms with van der Waals surface area (Å²) in [6, 6.07) is 12.1. The van der Waals surface area contributed by atoms with Gasteiger partial charge in [-0.2, -0.15) is 0 Å². The van der Waals surface area contributed by atoms with Crippen molar-refractivity contribution in [3.63, 3.8) is 0 Å². The molecule has 2 aromatic carbocycles. The molecule has 2 aromatic rings. The van der Waals surface area contributed by atoms with Crippen LogP contribution in [0.25, 0.3) is 0 Å². The van der Waals surface area contributed by atoms with Gasteiger partial charge in [-0.15, -0.1) is 0 Å². The molecule has 2 amide bonds. The van der Waals surface area contributed by atoms with Gasteiger partial charge >= 0.3 is 12.0 Å². The Hall–Kier alpha value is -3.48. The molecule has 28 heavy (non-hydrogen) atoms. The van der Waals surface area contributed by atoms with E-state index in [4.69, 9.17) is 14.2 Å². The lowest BCUT2D eigenvalue weighted by atomic mass is 9.95. The Bertz CT molecular complexity index is 965. The number of nitrogens with one attached hydrogen (secondary N) is 2. The zero-order valence-corrected chi connectivity index (χ0v) is 15.6. The normalized spacial score (nSPS) is 17.8. The average Bonchev–Trinajstić information content (AvgIpc) is 3.14. The summed E-state index contributed by atoms with van der Waals surface area (Å²) in [5.74, 6) is 0.719. The third kappa shape index (κ3) is 3.51. The quantitative estimate of drug-likeness (QED) is 0.796. The molecule has 2 aliphatic rings. The van der Waals surface area contributed by atoms with Crippen LogP contribution in [0.2, 0.25) is 0 Å². The Balaban J connectivity index is 1.58. The van der Waals surface area contributed by atoms with Gasteiger partial charge in [0.05, 0.1) is 11.6 Å². The van der Waals surface area contributed by atoms with Gasteiger partial charge in [0, 0.05) is 5.70 Å². The minimum Gasteiger partial charge on any atom is -0.457 e. The molecule has 7 heteroatoms. The predicted octanol–water partition coefficient (Wildman–Crippen LogP) is 3.10. The van der Waals surface area contributed by atoms with Crippen LogP contribution in [0, 0.1) is 6.92 Å². The fraction of sp³-hybridized carbons (Fsp3) is 0.238. The molecule has 7 nitrogen and oxygen atoms in total. The maximum absolute atomic E-state index is 12.8. The molecule has 1 atom stereocenters. The number of benzene rings is 2. The lowest BCUT2D eigenvalue weighted by Gasteiger charge is -2.28. The maximum Gasteiger partial charge on any atom is 0.338 e. The van der Waals surface area contributed by atoms with Crippen molar-refractivity contribution >= 4 is 12.0 Å². The summed E-state index contributed by atoms with van der Waals surface area (Å²) in [4.78, 5) is 24.9. The zero-order valence-electron chi connectivity index (χ0n) is 15.6. The van der Waals surface area contributed by atoms with Crippen LogP contribution in [0.15, 0.2) is 53.7 Å². The number of esters is 1. The second kappa shape index (κ2) is 7.26. The van der Waals surface area contributed by atoms with Gasteiger partial charge in [-0.25, -0.2) is 9.59 Å². The van der Waals surface area contributed by atoms with Crippen molar-refractivity contribution in [2.45, 2.75) is 26.5 Å². The van der Waals surface area contributed by atoms with Gasteiger partial charge in [0.1, 0.15) is 6.61 Å². The van der Waals surface area contributed by atoms with Gasteiger partial charge in [-0.1, -0.05) is 35.9 Å². The Morgan fingerprint density at radius 2 is 1.86 bits per heavy atom. The minimum atomic E-state index is -0.645. The van der Waals surface area contributed by atoms with Crippen LogP contribution < -0.4 is 20.1 Å². The van der Waals surface area contributed by atoms with E-state index in [2.05, 4.69) is 10.6 Å². The molecule has 0 fully saturated rings. The summed E-state index contributed by atoms with van der Waals surface area (Å²) in [5, 5.41) is 5.43. The van der Waals surface area contributed by atoms with Crippen LogP contribution in [-0.2, 0) is 16.1 Å². The fourth-order valence-corrected chi connectivity index (χ4v) is 3.22. The van der Waals surface area contributed by atoms with E-state index in [1.807, 2.05) is 31.2 Å². The second-order valence-electron chi connectivity index (χ2n) is 6.74. The molecule has 2 heterocycles. The summed E-state index contributed by atoms with van der Waals surface area (Å²) in [6.07, 6.45) is 0. The number of allylic oxidation sites excluding steroid dienone is 1. The first kappa shape index (κ1) is 17.9. The first-order valence-electron chi connectivity index (χ1n) is 8.92. The topological polar surface area (TPSA) is 85.9 Å². The lowest BCUT2D eigenvalue weighted by molar-refractivity contribution is -0.140. The van der Waals surface area contributed by atoms with Gasteiger partial charge in [-0.05, 0) is 37.1 Å². The number of carbonyl (C=O) groups is 2. The summed E-state index contributed by atoms with van der Waals surface area (Å²) in [6.45, 7) is 3.98. The Morgan fingerprint density at radius 1 is 1.11 bits per heavy atom. The molecule has 0 aliphatic carbocycles. The third-order valence-electron chi connectivity index (χ3n) is 4.71. The fourth-order valence-electron chi connectivity index (χ4n) is 3.22. The van der Waals surface area contributed by atoms with Gasteiger partial charge in [0.25, 0.3) is 0 Å². The number of hydrogen-bond acceptors (Lipinski definition) is 5. The Labute approximate surface area is 162 Å². The van der Waals surface area contributed by atoms with Gasteiger partial charge < -0.3 is 24.8 Å². The van der Waals surface area contributed by atoms with Crippen molar-refractivity contribution in [2.24, 2.45) is 0 Å². The van der Waals surface area contributed by atoms with Crippen LogP contribution in [0.4, 0.5) is 4.79 Å². The van der Waals surface area contributed by atoms with Gasteiger partial charge in [0.2, 0.25) is 6.79 Å². The SMILES string of the molecule is CC1=C(C(=O)OCc2ccc(C)cc2)[C@H](c2ccc3c(c2)OCO3)NC(=O)N1. The van der Waals surface area contributed by atoms with E-state index in [0.717, 1.165) is 11.1 Å². The van der Waals surface area contributed by atoms with E-state index in [0.29, 0.717) is 28.3 Å². The first-order chi connectivity index (χ1) is 13.5. The van der Waals surface area contributed by atoms with E-state index < -0.39 is 12.0 Å². The molecule has 2 aliphatic heterocycles. The van der Waals surface area contributed by atoms with E-state index in [1.165, 1.54) is 0 Å². The van der Waals surface area contributed by atoms with Crippen molar-refractivity contribution in [3.05, 3.63) is 70.4 Å². The molecule has 0 saturated carbocycles. The highest BCUT2D eigenvalue weighted by atomic mass is 16.7. The largest absolute Gasteiger partial charge is 0.457 e. The molecule has 0 saturated heterocycles. The number of amides is 2. The summed E-state index contributed by atoms with van der Waals surface area (Å²) in [7, 11) is 0. The van der Waals surface area contributed by atoms with E-state index in [9.17, 15) is 9.59 Å². The minimum absolute atomic E-state index is 0.150. The predicted molar refractivity (Wildman–Crippen MR) is 101 cm³/mol. The van der Waals surface area contributed by atoms with Gasteiger partial charge in [-0.3, -0.25) is 0 Å². The second-order valence-corrected chi connectivity index (χ2v) is 6.74. The van der Waals surface area contributed by atoms with Crippen molar-refractivity contribution in [1.82, 2.24) is 10.6 Å². The van der Waals surface area contributed by atoms with Crippen molar-refractivity contribution < 1.29 is 23.8 Å². The number of rotatable bonds is 4. The highest BCUT2D eigenvalue weighted by Crippen LogP contribution is 2.37. The van der Waals surface area contributed by atoms with Crippen LogP contribution in [0.3, 0.4) is 0 Å². The highest BCUT2D eigenvalue weighted by molar-refractivity contribution is 5.95. The monoisotopic (exact) mass is 380 g/mol. The molecule has 144 valence electrons. The van der Waals surface area contributed by atoms with Crippen molar-refractivity contribution in [3.8, 4) is 11.5 Å². The number of urea groups is 1.